The van der Waals surface area contributed by atoms with Crippen LogP contribution in [0.5, 0.6) is 0 Å². The van der Waals surface area contributed by atoms with Gasteiger partial charge in [-0.1, -0.05) is 11.6 Å². The highest BCUT2D eigenvalue weighted by atomic mass is 35.5. The molecule has 146 valence electrons. The van der Waals surface area contributed by atoms with Crippen molar-refractivity contribution in [2.45, 2.75) is 30.0 Å². The average Bonchev–Trinajstić information content (AvgIpc) is 3.25. The van der Waals surface area contributed by atoms with Gasteiger partial charge in [0.2, 0.25) is 5.91 Å². The van der Waals surface area contributed by atoms with Gasteiger partial charge in [-0.05, 0) is 42.3 Å². The van der Waals surface area contributed by atoms with Crippen molar-refractivity contribution in [3.63, 3.8) is 0 Å². The maximum Gasteiger partial charge on any atom is 0.416 e. The third-order valence-electron chi connectivity index (χ3n) is 4.28. The van der Waals surface area contributed by atoms with Crippen LogP contribution in [0, 0.1) is 5.92 Å². The second-order valence-electron chi connectivity index (χ2n) is 6.44. The van der Waals surface area contributed by atoms with Crippen LogP contribution in [-0.4, -0.2) is 20.6 Å². The Bertz CT molecular complexity index is 986. The number of amides is 1. The number of rotatable bonds is 5. The Kier molecular flexibility index (Phi) is 5.31. The molecule has 1 aromatic heterocycles. The van der Waals surface area contributed by atoms with Crippen LogP contribution in [0.3, 0.4) is 0 Å². The Morgan fingerprint density at radius 3 is 2.56 bits per heavy atom. The molecule has 27 heavy (non-hydrogen) atoms. The van der Waals surface area contributed by atoms with Gasteiger partial charge in [0, 0.05) is 29.5 Å². The molecular formula is C17H15ClF3NO3S2. The summed E-state index contributed by atoms with van der Waals surface area (Å²) in [5, 5.41) is 2.60. The van der Waals surface area contributed by atoms with Crippen LogP contribution in [0.15, 0.2) is 35.2 Å². The summed E-state index contributed by atoms with van der Waals surface area (Å²) in [7, 11) is -3.82. The Labute approximate surface area is 163 Å². The van der Waals surface area contributed by atoms with Gasteiger partial charge in [-0.25, -0.2) is 8.42 Å². The quantitative estimate of drug-likeness (QED) is 0.760. The highest BCUT2D eigenvalue weighted by Crippen LogP contribution is 2.50. The lowest BCUT2D eigenvalue weighted by molar-refractivity contribution is -0.137. The van der Waals surface area contributed by atoms with Gasteiger partial charge in [-0.3, -0.25) is 4.79 Å². The third-order valence-corrected chi connectivity index (χ3v) is 6.73. The molecule has 0 spiro atoms. The molecule has 1 aliphatic rings. The molecule has 4 nitrogen and oxygen atoms in total. The molecule has 0 bridgehead atoms. The second kappa shape index (κ2) is 7.10. The molecule has 1 saturated carbocycles. The van der Waals surface area contributed by atoms with Gasteiger partial charge in [0.05, 0.1) is 14.8 Å². The summed E-state index contributed by atoms with van der Waals surface area (Å²) in [4.78, 5) is 12.8. The van der Waals surface area contributed by atoms with Crippen molar-refractivity contribution >= 4 is 38.7 Å². The smallest absolute Gasteiger partial charge is 0.352 e. The Balaban J connectivity index is 1.71. The SMILES string of the molecule is CS(=O)(=O)c1cc(CNC(=O)[C@@H]2C[C@H]2c2ccc(Cl)s2)cc(C(F)(F)F)c1. The zero-order valence-corrected chi connectivity index (χ0v) is 16.4. The Morgan fingerprint density at radius 2 is 2.00 bits per heavy atom. The fraction of sp³-hybridized carbons (Fsp3) is 0.353. The number of nitrogens with one attached hydrogen (secondary N) is 1. The molecule has 3 rings (SSSR count). The molecule has 0 radical (unpaired) electrons. The highest BCUT2D eigenvalue weighted by Gasteiger charge is 2.44. The molecule has 1 heterocycles. The number of halogens is 4. The topological polar surface area (TPSA) is 63.2 Å². The molecule has 0 aliphatic heterocycles. The summed E-state index contributed by atoms with van der Waals surface area (Å²) in [5.41, 5.74) is -0.984. The summed E-state index contributed by atoms with van der Waals surface area (Å²) in [6.07, 6.45) is -3.19. The molecular weight excluding hydrogens is 423 g/mol. The molecule has 0 unspecified atom stereocenters. The number of hydrogen-bond acceptors (Lipinski definition) is 4. The van der Waals surface area contributed by atoms with Gasteiger partial charge < -0.3 is 5.32 Å². The summed E-state index contributed by atoms with van der Waals surface area (Å²) < 4.78 is 63.0. The van der Waals surface area contributed by atoms with E-state index < -0.39 is 26.5 Å². The molecule has 10 heteroatoms. The Hall–Kier alpha value is -1.58. The lowest BCUT2D eigenvalue weighted by Gasteiger charge is -2.12. The van der Waals surface area contributed by atoms with E-state index in [0.717, 1.165) is 23.3 Å². The van der Waals surface area contributed by atoms with E-state index >= 15 is 0 Å². The van der Waals surface area contributed by atoms with Gasteiger partial charge in [0.1, 0.15) is 0 Å². The fourth-order valence-corrected chi connectivity index (χ4v) is 4.73. The van der Waals surface area contributed by atoms with Crippen LogP contribution in [0.4, 0.5) is 13.2 Å². The number of alkyl halides is 3. The van der Waals surface area contributed by atoms with Crippen LogP contribution >= 0.6 is 22.9 Å². The van der Waals surface area contributed by atoms with Crippen LogP contribution < -0.4 is 5.32 Å². The maximum absolute atomic E-state index is 13.0. The van der Waals surface area contributed by atoms with E-state index in [-0.39, 0.29) is 29.9 Å². The zero-order chi connectivity index (χ0) is 20.0. The van der Waals surface area contributed by atoms with E-state index in [1.807, 2.05) is 6.07 Å². The first-order chi connectivity index (χ1) is 12.4. The summed E-state index contributed by atoms with van der Waals surface area (Å²) in [5.74, 6) is -0.460. The molecule has 2 aromatic rings. The minimum Gasteiger partial charge on any atom is -0.352 e. The molecule has 1 N–H and O–H groups in total. The van der Waals surface area contributed by atoms with Crippen LogP contribution in [0.25, 0.3) is 0 Å². The Morgan fingerprint density at radius 1 is 1.30 bits per heavy atom. The molecule has 1 amide bonds. The van der Waals surface area contributed by atoms with Gasteiger partial charge in [-0.15, -0.1) is 11.3 Å². The number of carbonyl (C=O) groups excluding carboxylic acids is 1. The van der Waals surface area contributed by atoms with E-state index in [1.165, 1.54) is 11.3 Å². The first kappa shape index (κ1) is 20.2. The number of thiophene rings is 1. The van der Waals surface area contributed by atoms with E-state index in [2.05, 4.69) is 5.32 Å². The minimum atomic E-state index is -4.68. The predicted molar refractivity (Wildman–Crippen MR) is 96.6 cm³/mol. The van der Waals surface area contributed by atoms with Gasteiger partial charge in [-0.2, -0.15) is 13.2 Å². The van der Waals surface area contributed by atoms with E-state index in [4.69, 9.17) is 11.6 Å². The van der Waals surface area contributed by atoms with Gasteiger partial charge in [0.15, 0.2) is 9.84 Å². The fourth-order valence-electron chi connectivity index (χ4n) is 2.79. The van der Waals surface area contributed by atoms with Crippen molar-refractivity contribution in [2.75, 3.05) is 6.26 Å². The maximum atomic E-state index is 13.0. The van der Waals surface area contributed by atoms with Crippen LogP contribution in [0.1, 0.15) is 28.3 Å². The van der Waals surface area contributed by atoms with Gasteiger partial charge >= 0.3 is 6.18 Å². The second-order valence-corrected chi connectivity index (χ2v) is 10.2. The molecule has 2 atom stereocenters. The molecule has 1 aliphatic carbocycles. The van der Waals surface area contributed by atoms with Crippen molar-refractivity contribution in [1.82, 2.24) is 5.32 Å². The lowest BCUT2D eigenvalue weighted by Crippen LogP contribution is -2.25. The van der Waals surface area contributed by atoms with Crippen molar-refractivity contribution in [2.24, 2.45) is 5.92 Å². The van der Waals surface area contributed by atoms with Crippen molar-refractivity contribution in [1.29, 1.82) is 0 Å². The number of sulfone groups is 1. The average molecular weight is 438 g/mol. The first-order valence-corrected chi connectivity index (χ1v) is 11.0. The monoisotopic (exact) mass is 437 g/mol. The first-order valence-electron chi connectivity index (χ1n) is 7.89. The highest BCUT2D eigenvalue weighted by molar-refractivity contribution is 7.90. The van der Waals surface area contributed by atoms with Crippen LogP contribution in [0.2, 0.25) is 4.34 Å². The van der Waals surface area contributed by atoms with Crippen molar-refractivity contribution < 1.29 is 26.4 Å². The lowest BCUT2D eigenvalue weighted by atomic mass is 10.1. The van der Waals surface area contributed by atoms with Gasteiger partial charge in [0.25, 0.3) is 0 Å². The predicted octanol–water partition coefficient (Wildman–Crippen LogP) is 4.24. The van der Waals surface area contributed by atoms with E-state index in [9.17, 15) is 26.4 Å². The standard InChI is InChI=1S/C17H15ClF3NO3S2/c1-27(24,25)11-5-9(4-10(6-11)17(19,20)21)8-22-16(23)13-7-12(13)14-2-3-15(18)26-14/h2-6,12-13H,7-8H2,1H3,(H,22,23)/t12-,13-/m1/s1. The van der Waals surface area contributed by atoms with Crippen LogP contribution in [-0.2, 0) is 27.4 Å². The number of carbonyl (C=O) groups is 1. The summed E-state index contributed by atoms with van der Waals surface area (Å²) >= 11 is 7.28. The van der Waals surface area contributed by atoms with Crippen molar-refractivity contribution in [3.8, 4) is 0 Å². The molecule has 1 fully saturated rings. The normalized spacial score (nSPS) is 19.7. The van der Waals surface area contributed by atoms with Crippen molar-refractivity contribution in [3.05, 3.63) is 50.7 Å². The zero-order valence-electron chi connectivity index (χ0n) is 14.0. The molecule has 1 aromatic carbocycles. The summed E-state index contributed by atoms with van der Waals surface area (Å²) in [6.45, 7) is -0.181. The number of hydrogen-bond donors (Lipinski definition) is 1. The molecule has 0 saturated heterocycles. The van der Waals surface area contributed by atoms with E-state index in [1.54, 1.807) is 6.07 Å². The largest absolute Gasteiger partial charge is 0.416 e. The number of benzene rings is 1. The summed E-state index contributed by atoms with van der Waals surface area (Å²) in [6, 6.07) is 6.20. The minimum absolute atomic E-state index is 0.0654. The van der Waals surface area contributed by atoms with E-state index in [0.29, 0.717) is 16.8 Å². The third kappa shape index (κ3) is 4.83.